The van der Waals surface area contributed by atoms with Gasteiger partial charge in [-0.15, -0.1) is 11.8 Å². The summed E-state index contributed by atoms with van der Waals surface area (Å²) in [4.78, 5) is 17.1. The maximum Gasteiger partial charge on any atom is 0.166 e. The zero-order valence-corrected chi connectivity index (χ0v) is 12.9. The fraction of sp³-hybridized carbons (Fsp3) is 0.200. The van der Waals surface area contributed by atoms with Gasteiger partial charge in [0.25, 0.3) is 0 Å². The van der Waals surface area contributed by atoms with Crippen LogP contribution in [0.5, 0.6) is 0 Å². The lowest BCUT2D eigenvalue weighted by molar-refractivity contribution is 0.0988. The molecule has 1 N–H and O–H groups in total. The fourth-order valence-corrected chi connectivity index (χ4v) is 2.55. The Morgan fingerprint density at radius 3 is 2.80 bits per heavy atom. The molecule has 20 heavy (non-hydrogen) atoms. The van der Waals surface area contributed by atoms with Crippen LogP contribution in [0, 0.1) is 0 Å². The summed E-state index contributed by atoms with van der Waals surface area (Å²) in [6.45, 7) is 1.83. The summed E-state index contributed by atoms with van der Waals surface area (Å²) >= 11 is 7.58. The van der Waals surface area contributed by atoms with Gasteiger partial charge >= 0.3 is 0 Å². The van der Waals surface area contributed by atoms with Gasteiger partial charge in [-0.25, -0.2) is 4.98 Å². The number of para-hydroxylation sites is 1. The average molecular weight is 307 g/mol. The van der Waals surface area contributed by atoms with Crippen molar-refractivity contribution in [2.24, 2.45) is 0 Å². The molecule has 1 aromatic carbocycles. The third kappa shape index (κ3) is 3.32. The van der Waals surface area contributed by atoms with Gasteiger partial charge in [-0.2, -0.15) is 0 Å². The Morgan fingerprint density at radius 1 is 1.35 bits per heavy atom. The molecule has 0 bridgehead atoms. The third-order valence-electron chi connectivity index (χ3n) is 2.87. The molecule has 0 amide bonds. The van der Waals surface area contributed by atoms with Crippen LogP contribution in [0.2, 0.25) is 5.15 Å². The first-order valence-electron chi connectivity index (χ1n) is 6.24. The highest BCUT2D eigenvalue weighted by atomic mass is 35.5. The van der Waals surface area contributed by atoms with Crippen LogP contribution >= 0.6 is 23.4 Å². The van der Waals surface area contributed by atoms with Crippen molar-refractivity contribution in [1.82, 2.24) is 4.98 Å². The Hall–Kier alpha value is -1.52. The molecule has 1 aromatic heterocycles. The Bertz CT molecular complexity index is 631. The SMILES string of the molecule is CCC(=O)c1cnc(Cl)cc1Nc1ccccc1SC. The Morgan fingerprint density at radius 2 is 2.10 bits per heavy atom. The van der Waals surface area contributed by atoms with Crippen LogP contribution in [-0.4, -0.2) is 17.0 Å². The van der Waals surface area contributed by atoms with Crippen LogP contribution in [-0.2, 0) is 0 Å². The summed E-state index contributed by atoms with van der Waals surface area (Å²) in [5.41, 5.74) is 2.21. The van der Waals surface area contributed by atoms with E-state index in [0.717, 1.165) is 10.6 Å². The predicted molar refractivity (Wildman–Crippen MR) is 85.4 cm³/mol. The summed E-state index contributed by atoms with van der Waals surface area (Å²) in [6, 6.07) is 9.61. The maximum atomic E-state index is 12.0. The summed E-state index contributed by atoms with van der Waals surface area (Å²) in [5.74, 6) is 0.0401. The highest BCUT2D eigenvalue weighted by Crippen LogP contribution is 2.30. The number of pyridine rings is 1. The van der Waals surface area contributed by atoms with E-state index in [9.17, 15) is 4.79 Å². The molecule has 0 aliphatic rings. The quantitative estimate of drug-likeness (QED) is 0.490. The van der Waals surface area contributed by atoms with Gasteiger partial charge in [-0.3, -0.25) is 4.79 Å². The molecular formula is C15H15ClN2OS. The van der Waals surface area contributed by atoms with Gasteiger partial charge in [0.15, 0.2) is 5.78 Å². The standard InChI is InChI=1S/C15H15ClN2OS/c1-3-13(19)10-9-17-15(16)8-12(10)18-11-6-4-5-7-14(11)20-2/h4-9H,3H2,1-2H3,(H,17,18). The number of nitrogens with one attached hydrogen (secondary N) is 1. The summed E-state index contributed by atoms with van der Waals surface area (Å²) < 4.78 is 0. The monoisotopic (exact) mass is 306 g/mol. The van der Waals surface area contributed by atoms with Gasteiger partial charge in [-0.1, -0.05) is 30.7 Å². The minimum absolute atomic E-state index is 0.0401. The van der Waals surface area contributed by atoms with Crippen molar-refractivity contribution in [3.63, 3.8) is 0 Å². The number of halogens is 1. The lowest BCUT2D eigenvalue weighted by Gasteiger charge is -2.13. The summed E-state index contributed by atoms with van der Waals surface area (Å²) in [5, 5.41) is 3.64. The molecule has 0 saturated heterocycles. The Labute approximate surface area is 127 Å². The molecule has 2 aromatic rings. The number of benzene rings is 1. The number of hydrogen-bond acceptors (Lipinski definition) is 4. The molecule has 1 heterocycles. The van der Waals surface area contributed by atoms with Gasteiger partial charge in [0.1, 0.15) is 5.15 Å². The topological polar surface area (TPSA) is 42.0 Å². The molecule has 0 aliphatic carbocycles. The number of carbonyl (C=O) groups is 1. The maximum absolute atomic E-state index is 12.0. The van der Waals surface area contributed by atoms with Gasteiger partial charge in [-0.05, 0) is 24.5 Å². The van der Waals surface area contributed by atoms with Crippen LogP contribution in [0.3, 0.4) is 0 Å². The van der Waals surface area contributed by atoms with Crippen molar-refractivity contribution in [3.8, 4) is 0 Å². The summed E-state index contributed by atoms with van der Waals surface area (Å²) in [6.07, 6.45) is 3.97. The molecule has 104 valence electrons. The fourth-order valence-electron chi connectivity index (χ4n) is 1.84. The molecule has 0 saturated carbocycles. The van der Waals surface area contributed by atoms with E-state index in [1.165, 1.54) is 6.20 Å². The first kappa shape index (κ1) is 14.9. The van der Waals surface area contributed by atoms with E-state index >= 15 is 0 Å². The number of hydrogen-bond donors (Lipinski definition) is 1. The van der Waals surface area contributed by atoms with Gasteiger partial charge < -0.3 is 5.32 Å². The normalized spacial score (nSPS) is 10.3. The molecule has 0 unspecified atom stereocenters. The minimum atomic E-state index is 0.0401. The second-order valence-corrected chi connectivity index (χ2v) is 5.39. The number of Topliss-reactive ketones (excluding diaryl/α,β-unsaturated/α-hetero) is 1. The number of carbonyl (C=O) groups excluding carboxylic acids is 1. The predicted octanol–water partition coefficient (Wildman–Crippen LogP) is 4.79. The molecule has 5 heteroatoms. The zero-order valence-electron chi connectivity index (χ0n) is 11.3. The van der Waals surface area contributed by atoms with E-state index in [1.807, 2.05) is 37.4 Å². The van der Waals surface area contributed by atoms with Crippen LogP contribution in [0.15, 0.2) is 41.4 Å². The minimum Gasteiger partial charge on any atom is -0.354 e. The number of anilines is 2. The molecule has 0 fully saturated rings. The first-order chi connectivity index (χ1) is 9.65. The molecule has 0 atom stereocenters. The lowest BCUT2D eigenvalue weighted by Crippen LogP contribution is -2.04. The second-order valence-electron chi connectivity index (χ2n) is 4.15. The van der Waals surface area contributed by atoms with Gasteiger partial charge in [0.2, 0.25) is 0 Å². The molecule has 0 radical (unpaired) electrons. The largest absolute Gasteiger partial charge is 0.354 e. The molecule has 0 aliphatic heterocycles. The van der Waals surface area contributed by atoms with E-state index in [0.29, 0.717) is 22.8 Å². The highest BCUT2D eigenvalue weighted by molar-refractivity contribution is 7.98. The number of thioether (sulfide) groups is 1. The third-order valence-corrected chi connectivity index (χ3v) is 3.87. The van der Waals surface area contributed by atoms with Crippen molar-refractivity contribution in [2.45, 2.75) is 18.2 Å². The van der Waals surface area contributed by atoms with Gasteiger partial charge in [0.05, 0.1) is 16.9 Å². The Balaban J connectivity index is 2.42. The van der Waals surface area contributed by atoms with E-state index in [1.54, 1.807) is 17.8 Å². The highest BCUT2D eigenvalue weighted by Gasteiger charge is 2.12. The van der Waals surface area contributed by atoms with Crippen LogP contribution < -0.4 is 5.32 Å². The van der Waals surface area contributed by atoms with Crippen molar-refractivity contribution >= 4 is 40.5 Å². The van der Waals surface area contributed by atoms with Crippen molar-refractivity contribution in [3.05, 3.63) is 47.2 Å². The first-order valence-corrected chi connectivity index (χ1v) is 7.84. The van der Waals surface area contributed by atoms with Crippen molar-refractivity contribution in [1.29, 1.82) is 0 Å². The van der Waals surface area contributed by atoms with E-state index in [4.69, 9.17) is 11.6 Å². The van der Waals surface area contributed by atoms with Crippen molar-refractivity contribution < 1.29 is 4.79 Å². The number of aromatic nitrogens is 1. The molecule has 3 nitrogen and oxygen atoms in total. The van der Waals surface area contributed by atoms with E-state index < -0.39 is 0 Å². The number of ketones is 1. The zero-order chi connectivity index (χ0) is 14.5. The number of nitrogens with zero attached hydrogens (tertiary/aromatic N) is 1. The van der Waals surface area contributed by atoms with E-state index in [-0.39, 0.29) is 5.78 Å². The Kier molecular flexibility index (Phi) is 5.04. The van der Waals surface area contributed by atoms with Crippen LogP contribution in [0.25, 0.3) is 0 Å². The summed E-state index contributed by atoms with van der Waals surface area (Å²) in [7, 11) is 0. The van der Waals surface area contributed by atoms with E-state index in [2.05, 4.69) is 10.3 Å². The molecule has 2 rings (SSSR count). The lowest BCUT2D eigenvalue weighted by atomic mass is 10.1. The number of rotatable bonds is 5. The van der Waals surface area contributed by atoms with Gasteiger partial charge in [0, 0.05) is 17.5 Å². The second kappa shape index (κ2) is 6.77. The van der Waals surface area contributed by atoms with Crippen LogP contribution in [0.4, 0.5) is 11.4 Å². The van der Waals surface area contributed by atoms with Crippen molar-refractivity contribution in [2.75, 3.05) is 11.6 Å². The van der Waals surface area contributed by atoms with Crippen LogP contribution in [0.1, 0.15) is 23.7 Å². The molecule has 0 spiro atoms. The molecular weight excluding hydrogens is 292 g/mol. The smallest absolute Gasteiger partial charge is 0.166 e. The average Bonchev–Trinajstić information content (AvgIpc) is 2.47.